The van der Waals surface area contributed by atoms with Crippen LogP contribution in [0.4, 0.5) is 0 Å². The number of rotatable bonds is 10. The molecule has 0 fully saturated rings. The summed E-state index contributed by atoms with van der Waals surface area (Å²) in [5, 5.41) is 3.57. The van der Waals surface area contributed by atoms with Crippen molar-refractivity contribution in [1.82, 2.24) is 10.2 Å². The van der Waals surface area contributed by atoms with Gasteiger partial charge in [0.15, 0.2) is 0 Å². The van der Waals surface area contributed by atoms with Crippen LogP contribution in [0.25, 0.3) is 0 Å². The highest BCUT2D eigenvalue weighted by atomic mass is 35.5. The zero-order chi connectivity index (χ0) is 20.4. The Labute approximate surface area is 172 Å². The van der Waals surface area contributed by atoms with Gasteiger partial charge in [-0.2, -0.15) is 0 Å². The molecule has 1 N–H and O–H groups in total. The molecule has 2 rings (SSSR count). The van der Waals surface area contributed by atoms with Gasteiger partial charge in [-0.05, 0) is 30.0 Å². The van der Waals surface area contributed by atoms with Gasteiger partial charge in [-0.3, -0.25) is 9.59 Å². The summed E-state index contributed by atoms with van der Waals surface area (Å²) < 4.78 is 0. The Morgan fingerprint density at radius 3 is 2.36 bits per heavy atom. The highest BCUT2D eigenvalue weighted by Crippen LogP contribution is 2.20. The fourth-order valence-corrected chi connectivity index (χ4v) is 3.30. The monoisotopic (exact) mass is 400 g/mol. The first-order valence-corrected chi connectivity index (χ1v) is 10.3. The van der Waals surface area contributed by atoms with E-state index in [1.807, 2.05) is 55.5 Å². The molecule has 0 bridgehead atoms. The van der Waals surface area contributed by atoms with Gasteiger partial charge in [0.25, 0.3) is 0 Å². The van der Waals surface area contributed by atoms with Crippen molar-refractivity contribution >= 4 is 23.4 Å². The van der Waals surface area contributed by atoms with Crippen LogP contribution in [0, 0.1) is 0 Å². The molecule has 0 saturated heterocycles. The molecule has 28 heavy (non-hydrogen) atoms. The summed E-state index contributed by atoms with van der Waals surface area (Å²) in [7, 11) is 0. The Bertz CT molecular complexity index is 764. The first kappa shape index (κ1) is 22.0. The molecule has 4 nitrogen and oxygen atoms in total. The van der Waals surface area contributed by atoms with Crippen LogP contribution in [0.5, 0.6) is 0 Å². The molecule has 0 saturated carbocycles. The Kier molecular flexibility index (Phi) is 9.02. The molecular formula is C23H29ClN2O2. The second-order valence-electron chi connectivity index (χ2n) is 6.84. The SMILES string of the molecule is CCCCNC(=O)[C@H](CC)N(Cc1ccccc1Cl)C(=O)Cc1ccccc1. The van der Waals surface area contributed by atoms with E-state index in [2.05, 4.69) is 12.2 Å². The Morgan fingerprint density at radius 2 is 1.71 bits per heavy atom. The zero-order valence-corrected chi connectivity index (χ0v) is 17.4. The molecule has 2 aromatic carbocycles. The van der Waals surface area contributed by atoms with Gasteiger partial charge in [0.1, 0.15) is 6.04 Å². The topological polar surface area (TPSA) is 49.4 Å². The predicted molar refractivity (Wildman–Crippen MR) is 114 cm³/mol. The van der Waals surface area contributed by atoms with E-state index in [1.54, 1.807) is 11.0 Å². The van der Waals surface area contributed by atoms with E-state index in [9.17, 15) is 9.59 Å². The van der Waals surface area contributed by atoms with Crippen molar-refractivity contribution < 1.29 is 9.59 Å². The number of carbonyl (C=O) groups is 2. The van der Waals surface area contributed by atoms with E-state index in [-0.39, 0.29) is 18.2 Å². The molecule has 0 aliphatic heterocycles. The normalized spacial score (nSPS) is 11.7. The number of unbranched alkanes of at least 4 members (excludes halogenated alkanes) is 1. The van der Waals surface area contributed by atoms with Gasteiger partial charge in [0.05, 0.1) is 6.42 Å². The molecule has 0 heterocycles. The maximum Gasteiger partial charge on any atom is 0.242 e. The van der Waals surface area contributed by atoms with Crippen molar-refractivity contribution in [3.05, 3.63) is 70.7 Å². The Balaban J connectivity index is 2.24. The quantitative estimate of drug-likeness (QED) is 0.592. The molecule has 2 amide bonds. The summed E-state index contributed by atoms with van der Waals surface area (Å²) in [5.41, 5.74) is 1.77. The third-order valence-electron chi connectivity index (χ3n) is 4.71. The molecule has 2 aromatic rings. The van der Waals surface area contributed by atoms with Crippen LogP contribution in [0.15, 0.2) is 54.6 Å². The van der Waals surface area contributed by atoms with Crippen LogP contribution in [-0.2, 0) is 22.6 Å². The van der Waals surface area contributed by atoms with Crippen LogP contribution >= 0.6 is 11.6 Å². The second kappa shape index (κ2) is 11.5. The smallest absolute Gasteiger partial charge is 0.242 e. The summed E-state index contributed by atoms with van der Waals surface area (Å²) in [4.78, 5) is 27.6. The van der Waals surface area contributed by atoms with Crippen LogP contribution in [-0.4, -0.2) is 29.3 Å². The van der Waals surface area contributed by atoms with Crippen molar-refractivity contribution in [3.8, 4) is 0 Å². The van der Waals surface area contributed by atoms with Gasteiger partial charge in [0.2, 0.25) is 11.8 Å². The first-order valence-electron chi connectivity index (χ1n) is 9.91. The minimum atomic E-state index is -0.524. The van der Waals surface area contributed by atoms with Gasteiger partial charge in [-0.25, -0.2) is 0 Å². The lowest BCUT2D eigenvalue weighted by Gasteiger charge is -2.31. The summed E-state index contributed by atoms with van der Waals surface area (Å²) in [6.45, 7) is 4.94. The molecule has 0 aliphatic carbocycles. The molecule has 0 radical (unpaired) electrons. The summed E-state index contributed by atoms with van der Waals surface area (Å²) >= 11 is 6.32. The van der Waals surface area contributed by atoms with E-state index in [0.717, 1.165) is 24.0 Å². The van der Waals surface area contributed by atoms with E-state index < -0.39 is 6.04 Å². The van der Waals surface area contributed by atoms with Crippen LogP contribution in [0.3, 0.4) is 0 Å². The van der Waals surface area contributed by atoms with Crippen molar-refractivity contribution in [2.24, 2.45) is 0 Å². The molecule has 0 aliphatic rings. The maximum atomic E-state index is 13.2. The van der Waals surface area contributed by atoms with Gasteiger partial charge < -0.3 is 10.2 Å². The number of benzene rings is 2. The molecule has 1 atom stereocenters. The molecule has 0 aromatic heterocycles. The molecule has 0 unspecified atom stereocenters. The summed E-state index contributed by atoms with van der Waals surface area (Å²) in [6.07, 6.45) is 2.73. The summed E-state index contributed by atoms with van der Waals surface area (Å²) in [5.74, 6) is -0.187. The highest BCUT2D eigenvalue weighted by molar-refractivity contribution is 6.31. The van der Waals surface area contributed by atoms with Crippen LogP contribution < -0.4 is 5.32 Å². The maximum absolute atomic E-state index is 13.2. The lowest BCUT2D eigenvalue weighted by atomic mass is 10.1. The number of hydrogen-bond acceptors (Lipinski definition) is 2. The minimum Gasteiger partial charge on any atom is -0.354 e. The number of halogens is 1. The van der Waals surface area contributed by atoms with E-state index >= 15 is 0 Å². The van der Waals surface area contributed by atoms with E-state index in [4.69, 9.17) is 11.6 Å². The summed E-state index contributed by atoms with van der Waals surface area (Å²) in [6, 6.07) is 16.5. The number of nitrogens with zero attached hydrogens (tertiary/aromatic N) is 1. The minimum absolute atomic E-state index is 0.0800. The average molecular weight is 401 g/mol. The lowest BCUT2D eigenvalue weighted by molar-refractivity contribution is -0.140. The van der Waals surface area contributed by atoms with Crippen molar-refractivity contribution in [2.45, 2.75) is 52.1 Å². The standard InChI is InChI=1S/C23H29ClN2O2/c1-3-5-15-25-23(28)21(4-2)26(17-19-13-9-10-14-20(19)24)22(27)16-18-11-7-6-8-12-18/h6-14,21H,3-5,15-17H2,1-2H3,(H,25,28)/t21-/m0/s1. The number of amides is 2. The van der Waals surface area contributed by atoms with Crippen molar-refractivity contribution in [3.63, 3.8) is 0 Å². The van der Waals surface area contributed by atoms with Crippen molar-refractivity contribution in [2.75, 3.05) is 6.54 Å². The Hall–Kier alpha value is -2.33. The van der Waals surface area contributed by atoms with E-state index in [0.29, 0.717) is 24.5 Å². The first-order chi connectivity index (χ1) is 13.6. The second-order valence-corrected chi connectivity index (χ2v) is 7.25. The number of nitrogens with one attached hydrogen (secondary N) is 1. The van der Waals surface area contributed by atoms with Gasteiger partial charge in [-0.15, -0.1) is 0 Å². The number of hydrogen-bond donors (Lipinski definition) is 1. The average Bonchev–Trinajstić information content (AvgIpc) is 2.70. The molecule has 150 valence electrons. The highest BCUT2D eigenvalue weighted by Gasteiger charge is 2.28. The molecule has 5 heteroatoms. The fourth-order valence-electron chi connectivity index (χ4n) is 3.11. The largest absolute Gasteiger partial charge is 0.354 e. The Morgan fingerprint density at radius 1 is 1.04 bits per heavy atom. The number of carbonyl (C=O) groups excluding carboxylic acids is 2. The third kappa shape index (κ3) is 6.38. The van der Waals surface area contributed by atoms with Crippen LogP contribution in [0.2, 0.25) is 5.02 Å². The molecule has 0 spiro atoms. The van der Waals surface area contributed by atoms with Crippen molar-refractivity contribution in [1.29, 1.82) is 0 Å². The van der Waals surface area contributed by atoms with Gasteiger partial charge in [-0.1, -0.05) is 80.4 Å². The predicted octanol–water partition coefficient (Wildman–Crippen LogP) is 4.61. The zero-order valence-electron chi connectivity index (χ0n) is 16.7. The fraction of sp³-hybridized carbons (Fsp3) is 0.391. The van der Waals surface area contributed by atoms with Gasteiger partial charge >= 0.3 is 0 Å². The van der Waals surface area contributed by atoms with Crippen LogP contribution in [0.1, 0.15) is 44.2 Å². The van der Waals surface area contributed by atoms with E-state index in [1.165, 1.54) is 0 Å². The molecular weight excluding hydrogens is 372 g/mol. The van der Waals surface area contributed by atoms with Gasteiger partial charge in [0, 0.05) is 18.1 Å². The third-order valence-corrected chi connectivity index (χ3v) is 5.08. The lowest BCUT2D eigenvalue weighted by Crippen LogP contribution is -2.49.